The quantitative estimate of drug-likeness (QED) is 0.776. The number of H-pyrrole nitrogens is 1. The Bertz CT molecular complexity index is 867. The van der Waals surface area contributed by atoms with E-state index in [1.54, 1.807) is 0 Å². The third kappa shape index (κ3) is 4.13. The maximum Gasteiger partial charge on any atom is 0.332 e. The third-order valence-corrected chi connectivity index (χ3v) is 3.47. The number of amides is 1. The van der Waals surface area contributed by atoms with Gasteiger partial charge in [-0.2, -0.15) is 0 Å². The summed E-state index contributed by atoms with van der Waals surface area (Å²) >= 11 is 0.944. The minimum absolute atomic E-state index is 0.132. The van der Waals surface area contributed by atoms with Gasteiger partial charge in [-0.25, -0.2) is 9.18 Å². The lowest BCUT2D eigenvalue weighted by Gasteiger charge is -2.00. The predicted molar refractivity (Wildman–Crippen MR) is 80.2 cm³/mol. The molecule has 2 aromatic rings. The van der Waals surface area contributed by atoms with E-state index < -0.39 is 23.3 Å². The number of aromatic nitrogens is 1. The fraction of sp³-hybridized carbons (Fsp3) is 0.0714. The van der Waals surface area contributed by atoms with Crippen LogP contribution >= 0.6 is 11.3 Å². The second kappa shape index (κ2) is 6.81. The Morgan fingerprint density at radius 3 is 2.59 bits per heavy atom. The second-order valence-electron chi connectivity index (χ2n) is 4.09. The molecule has 0 atom stereocenters. The van der Waals surface area contributed by atoms with E-state index in [4.69, 9.17) is 0 Å². The molecule has 0 saturated carbocycles. The van der Waals surface area contributed by atoms with Crippen LogP contribution in [0.15, 0.2) is 29.1 Å². The van der Waals surface area contributed by atoms with E-state index in [0.717, 1.165) is 17.4 Å². The zero-order valence-electron chi connectivity index (χ0n) is 11.4. The van der Waals surface area contributed by atoms with Gasteiger partial charge < -0.3 is 15.0 Å². The number of carbonyl (C=O) groups is 2. The summed E-state index contributed by atoms with van der Waals surface area (Å²) in [6.07, 6.45) is 2.21. The van der Waals surface area contributed by atoms with Crippen molar-refractivity contribution >= 4 is 41.1 Å². The van der Waals surface area contributed by atoms with Crippen LogP contribution in [-0.4, -0.2) is 24.0 Å². The van der Waals surface area contributed by atoms with Gasteiger partial charge in [-0.05, 0) is 24.3 Å². The van der Waals surface area contributed by atoms with Gasteiger partial charge in [0.2, 0.25) is 0 Å². The van der Waals surface area contributed by atoms with Crippen LogP contribution in [0.25, 0.3) is 12.2 Å². The highest BCUT2D eigenvalue weighted by molar-refractivity contribution is 7.07. The monoisotopic (exact) mass is 322 g/mol. The van der Waals surface area contributed by atoms with E-state index >= 15 is 0 Å². The molecule has 0 bridgehead atoms. The lowest BCUT2D eigenvalue weighted by molar-refractivity contribution is -0.133. The number of methoxy groups -OCH3 is 1. The van der Waals surface area contributed by atoms with Crippen molar-refractivity contribution in [1.82, 2.24) is 4.98 Å². The molecule has 0 unspecified atom stereocenters. The number of thiazole rings is 1. The topological polar surface area (TPSA) is 88.3 Å². The summed E-state index contributed by atoms with van der Waals surface area (Å²) in [6, 6.07) is 5.25. The zero-order chi connectivity index (χ0) is 16.1. The van der Waals surface area contributed by atoms with E-state index in [1.807, 2.05) is 0 Å². The van der Waals surface area contributed by atoms with Crippen molar-refractivity contribution in [2.24, 2.45) is 0 Å². The third-order valence-electron chi connectivity index (χ3n) is 2.50. The highest BCUT2D eigenvalue weighted by Gasteiger charge is 2.02. The SMILES string of the molecule is COC(=O)C=c1sc(=CC(=O)Nc2ccc(F)cc2)[nH]c1=O. The minimum atomic E-state index is -0.658. The summed E-state index contributed by atoms with van der Waals surface area (Å²) in [4.78, 5) is 36.9. The standard InChI is InChI=1S/C14H11FN2O4S/c1-21-13(19)6-10-14(20)17-12(22-10)7-11(18)16-9-4-2-8(15)3-5-9/h2-7H,1H3,(H,16,18)(H,17,20). The number of carbonyl (C=O) groups excluding carboxylic acids is 2. The van der Waals surface area contributed by atoms with Crippen LogP contribution in [-0.2, 0) is 14.3 Å². The number of hydrogen-bond donors (Lipinski definition) is 2. The summed E-state index contributed by atoms with van der Waals surface area (Å²) < 4.78 is 17.6. The average Bonchev–Trinajstić information content (AvgIpc) is 2.80. The Kier molecular flexibility index (Phi) is 4.84. The predicted octanol–water partition coefficient (Wildman–Crippen LogP) is -0.0518. The molecule has 1 aromatic carbocycles. The normalized spacial score (nSPS) is 12.3. The lowest BCUT2D eigenvalue weighted by Crippen LogP contribution is -2.21. The van der Waals surface area contributed by atoms with Crippen LogP contribution in [0.1, 0.15) is 0 Å². The molecule has 0 aliphatic heterocycles. The Hall–Kier alpha value is -2.74. The Balaban J connectivity index is 2.22. The molecule has 0 fully saturated rings. The van der Waals surface area contributed by atoms with E-state index in [1.165, 1.54) is 37.5 Å². The molecule has 0 spiro atoms. The molecule has 0 radical (unpaired) electrons. The highest BCUT2D eigenvalue weighted by Crippen LogP contribution is 2.07. The van der Waals surface area contributed by atoms with Gasteiger partial charge in [-0.15, -0.1) is 11.3 Å². The van der Waals surface area contributed by atoms with E-state index in [2.05, 4.69) is 15.0 Å². The summed E-state index contributed by atoms with van der Waals surface area (Å²) in [5.74, 6) is -1.56. The van der Waals surface area contributed by atoms with E-state index in [9.17, 15) is 18.8 Å². The minimum Gasteiger partial charge on any atom is -0.466 e. The van der Waals surface area contributed by atoms with Crippen molar-refractivity contribution in [3.05, 3.63) is 49.6 Å². The van der Waals surface area contributed by atoms with Gasteiger partial charge >= 0.3 is 5.97 Å². The smallest absolute Gasteiger partial charge is 0.332 e. The Morgan fingerprint density at radius 1 is 1.27 bits per heavy atom. The molecule has 8 heteroatoms. The van der Waals surface area contributed by atoms with Gasteiger partial charge in [0.05, 0.1) is 7.11 Å². The number of esters is 1. The maximum atomic E-state index is 12.8. The van der Waals surface area contributed by atoms with Crippen molar-refractivity contribution in [3.63, 3.8) is 0 Å². The van der Waals surface area contributed by atoms with Crippen LogP contribution in [0.4, 0.5) is 10.1 Å². The van der Waals surface area contributed by atoms with Crippen LogP contribution in [0.3, 0.4) is 0 Å². The molecule has 6 nitrogen and oxygen atoms in total. The van der Waals surface area contributed by atoms with Crippen molar-refractivity contribution in [1.29, 1.82) is 0 Å². The van der Waals surface area contributed by atoms with Crippen LogP contribution in [0.5, 0.6) is 0 Å². The van der Waals surface area contributed by atoms with Crippen molar-refractivity contribution in [3.8, 4) is 0 Å². The van der Waals surface area contributed by atoms with Crippen LogP contribution < -0.4 is 20.1 Å². The number of anilines is 1. The molecule has 0 aliphatic rings. The van der Waals surface area contributed by atoms with Gasteiger partial charge in [-0.3, -0.25) is 9.59 Å². The molecule has 0 saturated heterocycles. The number of rotatable bonds is 3. The first-order valence-electron chi connectivity index (χ1n) is 6.05. The largest absolute Gasteiger partial charge is 0.466 e. The van der Waals surface area contributed by atoms with Gasteiger partial charge in [0, 0.05) is 17.8 Å². The first-order chi connectivity index (χ1) is 10.5. The van der Waals surface area contributed by atoms with E-state index in [0.29, 0.717) is 5.69 Å². The summed E-state index contributed by atoms with van der Waals surface area (Å²) in [7, 11) is 1.20. The average molecular weight is 322 g/mol. The van der Waals surface area contributed by atoms with E-state index in [-0.39, 0.29) is 9.20 Å². The van der Waals surface area contributed by atoms with Crippen LogP contribution in [0.2, 0.25) is 0 Å². The highest BCUT2D eigenvalue weighted by atomic mass is 32.1. The fourth-order valence-electron chi connectivity index (χ4n) is 1.52. The number of nitrogens with one attached hydrogen (secondary N) is 2. The Morgan fingerprint density at radius 2 is 1.95 bits per heavy atom. The van der Waals surface area contributed by atoms with Crippen LogP contribution in [0, 0.1) is 5.82 Å². The lowest BCUT2D eigenvalue weighted by atomic mass is 10.3. The molecule has 2 rings (SSSR count). The summed E-state index contributed by atoms with van der Waals surface area (Å²) in [5, 5.41) is 2.52. The molecule has 114 valence electrons. The van der Waals surface area contributed by atoms with Gasteiger partial charge in [0.1, 0.15) is 15.0 Å². The number of hydrogen-bond acceptors (Lipinski definition) is 5. The van der Waals surface area contributed by atoms with Crippen molar-refractivity contribution < 1.29 is 18.7 Å². The molecular formula is C14H11FN2O4S. The molecule has 1 heterocycles. The van der Waals surface area contributed by atoms with Gasteiger partial charge in [-0.1, -0.05) is 0 Å². The Labute approximate surface area is 127 Å². The zero-order valence-corrected chi connectivity index (χ0v) is 12.2. The molecule has 1 aromatic heterocycles. The molecular weight excluding hydrogens is 311 g/mol. The number of ether oxygens (including phenoxy) is 1. The number of aromatic amines is 1. The first-order valence-corrected chi connectivity index (χ1v) is 6.86. The van der Waals surface area contributed by atoms with Crippen molar-refractivity contribution in [2.75, 3.05) is 12.4 Å². The molecule has 1 amide bonds. The fourth-order valence-corrected chi connectivity index (χ4v) is 2.37. The number of benzene rings is 1. The number of halogens is 1. The first kappa shape index (κ1) is 15.6. The van der Waals surface area contributed by atoms with Gasteiger partial charge in [0.25, 0.3) is 11.5 Å². The molecule has 2 N–H and O–H groups in total. The molecule has 0 aliphatic carbocycles. The second-order valence-corrected chi connectivity index (χ2v) is 5.18. The van der Waals surface area contributed by atoms with Gasteiger partial charge in [0.15, 0.2) is 0 Å². The summed E-state index contributed by atoms with van der Waals surface area (Å²) in [6.45, 7) is 0. The summed E-state index contributed by atoms with van der Waals surface area (Å²) in [5.41, 5.74) is -0.0702. The molecule has 22 heavy (non-hydrogen) atoms. The van der Waals surface area contributed by atoms with Crippen molar-refractivity contribution in [2.45, 2.75) is 0 Å². The maximum absolute atomic E-state index is 12.8.